The van der Waals surface area contributed by atoms with Crippen molar-refractivity contribution in [3.63, 3.8) is 0 Å². The van der Waals surface area contributed by atoms with E-state index in [0.717, 1.165) is 5.56 Å². The van der Waals surface area contributed by atoms with Gasteiger partial charge in [-0.3, -0.25) is 9.59 Å². The molecule has 3 rings (SSSR count). The summed E-state index contributed by atoms with van der Waals surface area (Å²) >= 11 is 1.33. The first-order valence-corrected chi connectivity index (χ1v) is 9.23. The molecule has 3 aromatic rings. The Hall–Kier alpha value is -3.19. The molecular formula is C20H19N3O3S. The number of hydrogen-bond donors (Lipinski definition) is 2. The van der Waals surface area contributed by atoms with E-state index in [1.165, 1.54) is 24.6 Å². The van der Waals surface area contributed by atoms with Crippen LogP contribution in [0.3, 0.4) is 0 Å². The summed E-state index contributed by atoms with van der Waals surface area (Å²) in [6.45, 7) is 0. The Kier molecular flexibility index (Phi) is 6.17. The molecule has 0 aliphatic heterocycles. The summed E-state index contributed by atoms with van der Waals surface area (Å²) in [5.74, 6) is -0.121. The first-order valence-electron chi connectivity index (χ1n) is 8.35. The second-order valence-corrected chi connectivity index (χ2v) is 6.72. The van der Waals surface area contributed by atoms with Gasteiger partial charge in [0.25, 0.3) is 5.91 Å². The molecule has 0 fully saturated rings. The summed E-state index contributed by atoms with van der Waals surface area (Å²) in [5.41, 5.74) is 1.49. The number of amides is 2. The maximum absolute atomic E-state index is 12.8. The molecule has 0 saturated heterocycles. The number of nitrogens with one attached hydrogen (secondary N) is 2. The van der Waals surface area contributed by atoms with Gasteiger partial charge in [0.15, 0.2) is 0 Å². The predicted molar refractivity (Wildman–Crippen MR) is 105 cm³/mol. The molecule has 7 heteroatoms. The van der Waals surface area contributed by atoms with Gasteiger partial charge in [-0.15, -0.1) is 11.3 Å². The van der Waals surface area contributed by atoms with Crippen LogP contribution in [-0.2, 0) is 11.2 Å². The Morgan fingerprint density at radius 3 is 2.56 bits per heavy atom. The van der Waals surface area contributed by atoms with Crippen molar-refractivity contribution in [2.75, 3.05) is 12.4 Å². The molecule has 0 saturated carbocycles. The van der Waals surface area contributed by atoms with Crippen LogP contribution >= 0.6 is 11.3 Å². The van der Waals surface area contributed by atoms with Crippen LogP contribution in [0.4, 0.5) is 5.69 Å². The minimum absolute atomic E-state index is 0.270. The number of pyridine rings is 1. The van der Waals surface area contributed by atoms with Gasteiger partial charge < -0.3 is 15.4 Å². The molecule has 27 heavy (non-hydrogen) atoms. The van der Waals surface area contributed by atoms with Crippen molar-refractivity contribution >= 4 is 28.8 Å². The van der Waals surface area contributed by atoms with Crippen molar-refractivity contribution in [1.29, 1.82) is 0 Å². The quantitative estimate of drug-likeness (QED) is 0.659. The molecule has 1 atom stereocenters. The van der Waals surface area contributed by atoms with E-state index in [4.69, 9.17) is 4.74 Å². The van der Waals surface area contributed by atoms with Crippen LogP contribution in [0.5, 0.6) is 5.88 Å². The molecule has 0 aliphatic carbocycles. The zero-order valence-corrected chi connectivity index (χ0v) is 15.5. The minimum Gasteiger partial charge on any atom is -0.481 e. The zero-order valence-electron chi connectivity index (χ0n) is 14.7. The molecule has 6 nitrogen and oxygen atoms in total. The van der Waals surface area contributed by atoms with Crippen molar-refractivity contribution in [2.24, 2.45) is 0 Å². The van der Waals surface area contributed by atoms with Crippen LogP contribution in [0.25, 0.3) is 0 Å². The molecule has 0 bridgehead atoms. The van der Waals surface area contributed by atoms with Crippen molar-refractivity contribution in [3.8, 4) is 5.88 Å². The highest BCUT2D eigenvalue weighted by Gasteiger charge is 2.22. The van der Waals surface area contributed by atoms with E-state index >= 15 is 0 Å². The van der Waals surface area contributed by atoms with E-state index in [0.29, 0.717) is 22.9 Å². The smallest absolute Gasteiger partial charge is 0.262 e. The maximum Gasteiger partial charge on any atom is 0.262 e. The summed E-state index contributed by atoms with van der Waals surface area (Å²) in [4.78, 5) is 29.9. The van der Waals surface area contributed by atoms with Gasteiger partial charge in [0.2, 0.25) is 11.8 Å². The lowest BCUT2D eigenvalue weighted by molar-refractivity contribution is -0.118. The number of methoxy groups -OCH3 is 1. The molecule has 2 heterocycles. The number of thiophene rings is 1. The average molecular weight is 381 g/mol. The molecule has 0 radical (unpaired) electrons. The second kappa shape index (κ2) is 8.95. The first kappa shape index (κ1) is 18.6. The Morgan fingerprint density at radius 2 is 1.93 bits per heavy atom. The number of aromatic nitrogens is 1. The highest BCUT2D eigenvalue weighted by atomic mass is 32.1. The van der Waals surface area contributed by atoms with Gasteiger partial charge in [0, 0.05) is 12.5 Å². The first-order chi connectivity index (χ1) is 13.2. The second-order valence-electron chi connectivity index (χ2n) is 5.77. The van der Waals surface area contributed by atoms with E-state index in [-0.39, 0.29) is 11.8 Å². The SMILES string of the molecule is COc1ccc(NC(=O)[C@H](Cc2ccccc2)NC(=O)c2cccs2)cn1. The van der Waals surface area contributed by atoms with Crippen molar-refractivity contribution in [1.82, 2.24) is 10.3 Å². The van der Waals surface area contributed by atoms with E-state index in [9.17, 15) is 9.59 Å². The molecular weight excluding hydrogens is 362 g/mol. The van der Waals surface area contributed by atoms with Crippen LogP contribution in [0.15, 0.2) is 66.2 Å². The summed E-state index contributed by atoms with van der Waals surface area (Å²) in [7, 11) is 1.52. The maximum atomic E-state index is 12.8. The van der Waals surface area contributed by atoms with Crippen molar-refractivity contribution in [3.05, 3.63) is 76.6 Å². The number of ether oxygens (including phenoxy) is 1. The molecule has 2 aromatic heterocycles. The number of rotatable bonds is 7. The lowest BCUT2D eigenvalue weighted by Crippen LogP contribution is -2.45. The molecule has 0 aliphatic rings. The average Bonchev–Trinajstić information content (AvgIpc) is 3.24. The number of hydrogen-bond acceptors (Lipinski definition) is 5. The van der Waals surface area contributed by atoms with Crippen molar-refractivity contribution in [2.45, 2.75) is 12.5 Å². The standard InChI is InChI=1S/C20H19N3O3S/c1-26-18-10-9-15(13-21-18)22-19(24)16(12-14-6-3-2-4-7-14)23-20(25)17-8-5-11-27-17/h2-11,13,16H,12H2,1H3,(H,22,24)(H,23,25)/t16-/m0/s1. The van der Waals surface area contributed by atoms with Crippen LogP contribution in [0.1, 0.15) is 15.2 Å². The Morgan fingerprint density at radius 1 is 1.11 bits per heavy atom. The highest BCUT2D eigenvalue weighted by Crippen LogP contribution is 2.13. The normalized spacial score (nSPS) is 11.4. The van der Waals surface area contributed by atoms with Crippen LogP contribution < -0.4 is 15.4 Å². The Bertz CT molecular complexity index is 881. The van der Waals surface area contributed by atoms with E-state index in [2.05, 4.69) is 15.6 Å². The predicted octanol–water partition coefficient (Wildman–Crippen LogP) is 3.13. The molecule has 2 amide bonds. The third-order valence-corrected chi connectivity index (χ3v) is 4.73. The van der Waals surface area contributed by atoms with E-state index in [1.54, 1.807) is 24.3 Å². The number of nitrogens with zero attached hydrogens (tertiary/aromatic N) is 1. The lowest BCUT2D eigenvalue weighted by Gasteiger charge is -2.18. The lowest BCUT2D eigenvalue weighted by atomic mass is 10.0. The Balaban J connectivity index is 1.74. The Labute approximate surface area is 161 Å². The number of benzene rings is 1. The van der Waals surface area contributed by atoms with Gasteiger partial charge >= 0.3 is 0 Å². The topological polar surface area (TPSA) is 80.3 Å². The zero-order chi connectivity index (χ0) is 19.1. The number of anilines is 1. The minimum atomic E-state index is -0.718. The van der Waals surface area contributed by atoms with Crippen LogP contribution in [-0.4, -0.2) is 29.9 Å². The van der Waals surface area contributed by atoms with Gasteiger partial charge in [0.1, 0.15) is 6.04 Å². The van der Waals surface area contributed by atoms with E-state index < -0.39 is 6.04 Å². The van der Waals surface area contributed by atoms with Crippen molar-refractivity contribution < 1.29 is 14.3 Å². The third kappa shape index (κ3) is 5.15. The molecule has 138 valence electrons. The summed E-state index contributed by atoms with van der Waals surface area (Å²) in [6, 6.07) is 15.7. The largest absolute Gasteiger partial charge is 0.481 e. The van der Waals surface area contributed by atoms with Gasteiger partial charge in [-0.05, 0) is 23.1 Å². The summed E-state index contributed by atoms with van der Waals surface area (Å²) in [6.07, 6.45) is 1.89. The fraction of sp³-hybridized carbons (Fsp3) is 0.150. The van der Waals surface area contributed by atoms with Gasteiger partial charge in [0.05, 0.1) is 23.9 Å². The van der Waals surface area contributed by atoms with Crippen LogP contribution in [0.2, 0.25) is 0 Å². The number of carbonyl (C=O) groups excluding carboxylic acids is 2. The summed E-state index contributed by atoms with van der Waals surface area (Å²) < 4.78 is 5.01. The van der Waals surface area contributed by atoms with Gasteiger partial charge in [-0.1, -0.05) is 36.4 Å². The monoisotopic (exact) mass is 381 g/mol. The molecule has 0 spiro atoms. The molecule has 2 N–H and O–H groups in total. The molecule has 0 unspecified atom stereocenters. The van der Waals surface area contributed by atoms with Crippen LogP contribution in [0, 0.1) is 0 Å². The summed E-state index contributed by atoms with van der Waals surface area (Å²) in [5, 5.41) is 7.44. The van der Waals surface area contributed by atoms with Gasteiger partial charge in [-0.2, -0.15) is 0 Å². The highest BCUT2D eigenvalue weighted by molar-refractivity contribution is 7.12. The third-order valence-electron chi connectivity index (χ3n) is 3.86. The fourth-order valence-electron chi connectivity index (χ4n) is 2.50. The van der Waals surface area contributed by atoms with E-state index in [1.807, 2.05) is 35.7 Å². The fourth-order valence-corrected chi connectivity index (χ4v) is 3.13. The van der Waals surface area contributed by atoms with Gasteiger partial charge in [-0.25, -0.2) is 4.98 Å². The number of carbonyl (C=O) groups is 2. The molecule has 1 aromatic carbocycles.